The zero-order valence-electron chi connectivity index (χ0n) is 17.8. The molecule has 7 heteroatoms. The number of pyridine rings is 1. The second kappa shape index (κ2) is 7.92. The van der Waals surface area contributed by atoms with Crippen LogP contribution in [0.4, 0.5) is 4.39 Å². The highest BCUT2D eigenvalue weighted by Gasteiger charge is 2.36. The number of benzene rings is 2. The summed E-state index contributed by atoms with van der Waals surface area (Å²) in [6, 6.07) is 17.5. The molecule has 0 spiro atoms. The lowest BCUT2D eigenvalue weighted by Crippen LogP contribution is -2.28. The molecular formula is C26H18FN3O3. The van der Waals surface area contributed by atoms with Gasteiger partial charge in [0, 0.05) is 24.5 Å². The summed E-state index contributed by atoms with van der Waals surface area (Å²) in [4.78, 5) is 17.4. The summed E-state index contributed by atoms with van der Waals surface area (Å²) >= 11 is 0. The van der Waals surface area contributed by atoms with Crippen LogP contribution in [0.2, 0.25) is 0 Å². The Kier molecular flexibility index (Phi) is 4.91. The summed E-state index contributed by atoms with van der Waals surface area (Å²) < 4.78 is 25.4. The first kappa shape index (κ1) is 20.5. The van der Waals surface area contributed by atoms with Crippen molar-refractivity contribution in [3.8, 4) is 22.9 Å². The molecule has 1 atom stereocenters. The molecule has 2 aromatic heterocycles. The van der Waals surface area contributed by atoms with Crippen LogP contribution in [-0.2, 0) is 0 Å². The third-order valence-electron chi connectivity index (χ3n) is 5.72. The number of rotatable bonds is 3. The number of nitriles is 1. The van der Waals surface area contributed by atoms with Crippen molar-refractivity contribution in [3.63, 3.8) is 0 Å². The van der Waals surface area contributed by atoms with Crippen LogP contribution in [-0.4, -0.2) is 12.0 Å². The smallest absolute Gasteiger partial charge is 0.344 e. The molecule has 0 saturated carbocycles. The Hall–Kier alpha value is -4.44. The van der Waals surface area contributed by atoms with E-state index in [0.29, 0.717) is 10.9 Å². The van der Waals surface area contributed by atoms with Gasteiger partial charge in [-0.1, -0.05) is 30.3 Å². The number of hydrogen-bond acceptors (Lipinski definition) is 6. The molecule has 3 heterocycles. The molecule has 1 aliphatic rings. The molecule has 0 fully saturated rings. The van der Waals surface area contributed by atoms with Crippen LogP contribution in [0.5, 0.6) is 5.75 Å². The van der Waals surface area contributed by atoms with Gasteiger partial charge in [-0.25, -0.2) is 9.18 Å². The van der Waals surface area contributed by atoms with Crippen molar-refractivity contribution in [1.29, 1.82) is 5.26 Å². The molecule has 1 aliphatic heterocycles. The number of aryl methyl sites for hydroxylation is 1. The fourth-order valence-corrected chi connectivity index (χ4v) is 4.09. The predicted octanol–water partition coefficient (Wildman–Crippen LogP) is 4.78. The number of nitrogens with zero attached hydrogens (tertiary/aromatic N) is 2. The second-order valence-corrected chi connectivity index (χ2v) is 7.72. The SMILES string of the molecule is CNC1=C(C#N)C(c2ccc(-c3ccc(C)nc3)cc2)c2c(c3cc(F)ccc3oc2=O)O1. The van der Waals surface area contributed by atoms with Crippen molar-refractivity contribution in [2.75, 3.05) is 7.05 Å². The standard InChI is InChI=1S/C26H18FN3O3/c1-14-3-4-17(13-30-14)15-5-7-16(8-6-15)22-20(12-28)25(29-2)33-24-19-11-18(27)9-10-21(19)32-26(31)23(22)24/h3-11,13,22,29H,1-2H3. The Balaban J connectivity index is 1.71. The highest BCUT2D eigenvalue weighted by molar-refractivity contribution is 5.86. The quantitative estimate of drug-likeness (QED) is 0.462. The molecule has 0 amide bonds. The van der Waals surface area contributed by atoms with Crippen LogP contribution in [0.25, 0.3) is 22.1 Å². The van der Waals surface area contributed by atoms with Crippen LogP contribution >= 0.6 is 0 Å². The van der Waals surface area contributed by atoms with Gasteiger partial charge in [0.25, 0.3) is 0 Å². The highest BCUT2D eigenvalue weighted by atomic mass is 19.1. The Morgan fingerprint density at radius 2 is 1.85 bits per heavy atom. The third-order valence-corrected chi connectivity index (χ3v) is 5.72. The van der Waals surface area contributed by atoms with Crippen LogP contribution in [0.1, 0.15) is 22.7 Å². The average molecular weight is 439 g/mol. The summed E-state index contributed by atoms with van der Waals surface area (Å²) in [6.07, 6.45) is 1.79. The minimum atomic E-state index is -0.740. The van der Waals surface area contributed by atoms with E-state index in [1.54, 1.807) is 13.2 Å². The van der Waals surface area contributed by atoms with Crippen molar-refractivity contribution in [2.45, 2.75) is 12.8 Å². The van der Waals surface area contributed by atoms with E-state index in [-0.39, 0.29) is 28.4 Å². The predicted molar refractivity (Wildman–Crippen MR) is 121 cm³/mol. The molecule has 33 heavy (non-hydrogen) atoms. The van der Waals surface area contributed by atoms with Gasteiger partial charge in [0.2, 0.25) is 5.88 Å². The third kappa shape index (κ3) is 3.42. The lowest BCUT2D eigenvalue weighted by molar-refractivity contribution is 0.364. The molecule has 0 bridgehead atoms. The molecular weight excluding hydrogens is 421 g/mol. The van der Waals surface area contributed by atoms with Crippen molar-refractivity contribution >= 4 is 11.0 Å². The summed E-state index contributed by atoms with van der Waals surface area (Å²) in [5.41, 5.74) is 3.49. The van der Waals surface area contributed by atoms with E-state index in [0.717, 1.165) is 16.8 Å². The van der Waals surface area contributed by atoms with Gasteiger partial charge in [-0.3, -0.25) is 4.98 Å². The molecule has 0 saturated heterocycles. The van der Waals surface area contributed by atoms with E-state index in [1.165, 1.54) is 18.2 Å². The second-order valence-electron chi connectivity index (χ2n) is 7.72. The van der Waals surface area contributed by atoms with Crippen molar-refractivity contribution in [1.82, 2.24) is 10.3 Å². The highest BCUT2D eigenvalue weighted by Crippen LogP contribution is 2.44. The molecule has 6 nitrogen and oxygen atoms in total. The van der Waals surface area contributed by atoms with E-state index in [9.17, 15) is 14.4 Å². The lowest BCUT2D eigenvalue weighted by Gasteiger charge is -2.27. The average Bonchev–Trinajstić information content (AvgIpc) is 2.84. The first-order valence-corrected chi connectivity index (χ1v) is 10.3. The topological polar surface area (TPSA) is 88.2 Å². The Bertz CT molecular complexity index is 1510. The number of fused-ring (bicyclic) bond motifs is 3. The summed E-state index contributed by atoms with van der Waals surface area (Å²) in [6.45, 7) is 1.92. The van der Waals surface area contributed by atoms with E-state index in [1.807, 2.05) is 43.3 Å². The summed E-state index contributed by atoms with van der Waals surface area (Å²) in [5, 5.41) is 13.1. The number of aromatic nitrogens is 1. The number of ether oxygens (including phenoxy) is 1. The zero-order chi connectivity index (χ0) is 23.1. The van der Waals surface area contributed by atoms with Gasteiger partial charge in [-0.2, -0.15) is 5.26 Å². The van der Waals surface area contributed by atoms with Gasteiger partial charge in [0.1, 0.15) is 23.0 Å². The molecule has 1 N–H and O–H groups in total. The summed E-state index contributed by atoms with van der Waals surface area (Å²) in [7, 11) is 1.62. The van der Waals surface area contributed by atoms with Gasteiger partial charge < -0.3 is 14.5 Å². The van der Waals surface area contributed by atoms with Crippen molar-refractivity contribution in [3.05, 3.63) is 105 Å². The van der Waals surface area contributed by atoms with E-state index < -0.39 is 17.4 Å². The lowest BCUT2D eigenvalue weighted by atomic mass is 9.83. The zero-order valence-corrected chi connectivity index (χ0v) is 17.8. The van der Waals surface area contributed by atoms with Gasteiger partial charge in [0.15, 0.2) is 5.75 Å². The Labute approximate surface area is 188 Å². The fourth-order valence-electron chi connectivity index (χ4n) is 4.09. The van der Waals surface area contributed by atoms with E-state index >= 15 is 0 Å². The first-order valence-electron chi connectivity index (χ1n) is 10.3. The van der Waals surface area contributed by atoms with E-state index in [4.69, 9.17) is 9.15 Å². The molecule has 4 aromatic rings. The molecule has 1 unspecified atom stereocenters. The maximum atomic E-state index is 14.0. The van der Waals surface area contributed by atoms with Crippen molar-refractivity contribution < 1.29 is 13.5 Å². The largest absolute Gasteiger partial charge is 0.439 e. The molecule has 2 aromatic carbocycles. The molecule has 0 radical (unpaired) electrons. The summed E-state index contributed by atoms with van der Waals surface area (Å²) in [5.74, 6) is -0.843. The molecule has 0 aliphatic carbocycles. The van der Waals surface area contributed by atoms with Gasteiger partial charge in [-0.05, 0) is 42.3 Å². The monoisotopic (exact) mass is 439 g/mol. The fraction of sp³-hybridized carbons (Fsp3) is 0.115. The number of hydrogen-bond donors (Lipinski definition) is 1. The van der Waals surface area contributed by atoms with Gasteiger partial charge in [-0.15, -0.1) is 0 Å². The van der Waals surface area contributed by atoms with Crippen LogP contribution in [0.15, 0.2) is 81.5 Å². The maximum Gasteiger partial charge on any atom is 0.344 e. The Morgan fingerprint density at radius 3 is 2.52 bits per heavy atom. The van der Waals surface area contributed by atoms with Crippen LogP contribution in [0.3, 0.4) is 0 Å². The van der Waals surface area contributed by atoms with Crippen molar-refractivity contribution in [2.24, 2.45) is 0 Å². The van der Waals surface area contributed by atoms with Crippen LogP contribution < -0.4 is 15.7 Å². The number of nitrogens with one attached hydrogen (secondary N) is 1. The van der Waals surface area contributed by atoms with Crippen LogP contribution in [0, 0.1) is 24.1 Å². The molecule has 5 rings (SSSR count). The maximum absolute atomic E-state index is 14.0. The number of allylic oxidation sites excluding steroid dienone is 1. The normalized spacial score (nSPS) is 15.0. The van der Waals surface area contributed by atoms with Gasteiger partial charge >= 0.3 is 5.63 Å². The molecule has 162 valence electrons. The van der Waals surface area contributed by atoms with Gasteiger partial charge in [0.05, 0.1) is 16.9 Å². The van der Waals surface area contributed by atoms with E-state index in [2.05, 4.69) is 16.4 Å². The minimum Gasteiger partial charge on any atom is -0.439 e. The number of halogens is 1. The minimum absolute atomic E-state index is 0.161. The Morgan fingerprint density at radius 1 is 1.09 bits per heavy atom. The first-order chi connectivity index (χ1) is 16.0.